The molecule has 0 unspecified atom stereocenters. The summed E-state index contributed by atoms with van der Waals surface area (Å²) in [6.45, 7) is 3.94. The predicted octanol–water partition coefficient (Wildman–Crippen LogP) is -3.05. The molecule has 0 saturated carbocycles. The zero-order valence-electron chi connectivity index (χ0n) is 43.6. The van der Waals surface area contributed by atoms with Gasteiger partial charge in [0, 0.05) is 39.0 Å². The van der Waals surface area contributed by atoms with E-state index in [0.717, 1.165) is 4.90 Å². The van der Waals surface area contributed by atoms with Crippen LogP contribution in [0, 0.1) is 5.92 Å². The van der Waals surface area contributed by atoms with Gasteiger partial charge in [-0.2, -0.15) is 11.8 Å². The lowest BCUT2D eigenvalue weighted by atomic mass is 10.0. The molecule has 426 valence electrons. The summed E-state index contributed by atoms with van der Waals surface area (Å²) in [5, 5.41) is 42.2. The molecule has 3 saturated heterocycles. The molecule has 1 aromatic rings. The summed E-state index contributed by atoms with van der Waals surface area (Å²) >= 11 is 1.33. The summed E-state index contributed by atoms with van der Waals surface area (Å²) < 4.78 is 0. The molecule has 16 N–H and O–H groups in total. The van der Waals surface area contributed by atoms with E-state index in [4.69, 9.17) is 22.9 Å². The van der Waals surface area contributed by atoms with Gasteiger partial charge < -0.3 is 79.5 Å². The van der Waals surface area contributed by atoms with Gasteiger partial charge in [0.1, 0.15) is 54.1 Å². The van der Waals surface area contributed by atoms with Gasteiger partial charge in [0.15, 0.2) is 5.96 Å². The van der Waals surface area contributed by atoms with Crippen LogP contribution in [0.25, 0.3) is 0 Å². The van der Waals surface area contributed by atoms with E-state index in [1.54, 1.807) is 32.2 Å². The number of carboxylic acid groups (broad SMARTS) is 2. The number of hydrogen-bond donors (Lipinski definition) is 12. The number of benzene rings is 1. The van der Waals surface area contributed by atoms with Crippen LogP contribution in [0.5, 0.6) is 5.75 Å². The minimum atomic E-state index is -1.84. The third-order valence-electron chi connectivity index (χ3n) is 13.6. The number of aliphatic imine (C=N–C) groups is 1. The molecule has 3 aliphatic rings. The Morgan fingerprint density at radius 1 is 0.649 bits per heavy atom. The number of thioether (sulfide) groups is 1. The van der Waals surface area contributed by atoms with E-state index in [1.807, 2.05) is 0 Å². The van der Waals surface area contributed by atoms with Crippen LogP contribution in [0.4, 0.5) is 0 Å². The van der Waals surface area contributed by atoms with Gasteiger partial charge in [0.2, 0.25) is 53.2 Å². The van der Waals surface area contributed by atoms with Crippen molar-refractivity contribution in [2.45, 2.75) is 152 Å². The van der Waals surface area contributed by atoms with Crippen LogP contribution in [0.3, 0.4) is 0 Å². The van der Waals surface area contributed by atoms with Gasteiger partial charge in [-0.1, -0.05) is 26.0 Å². The van der Waals surface area contributed by atoms with Crippen molar-refractivity contribution in [3.05, 3.63) is 29.8 Å². The van der Waals surface area contributed by atoms with Gasteiger partial charge in [-0.25, -0.2) is 4.79 Å². The Hall–Kier alpha value is -7.23. The van der Waals surface area contributed by atoms with Crippen LogP contribution in [0.2, 0.25) is 0 Å². The molecule has 0 aromatic heterocycles. The number of aliphatic carboxylic acids is 2. The molecule has 4 rings (SSSR count). The van der Waals surface area contributed by atoms with Gasteiger partial charge in [-0.15, -0.1) is 0 Å². The Kier molecular flexibility index (Phi) is 24.2. The molecule has 1 aromatic carbocycles. The highest BCUT2D eigenvalue weighted by atomic mass is 32.2. The first-order valence-electron chi connectivity index (χ1n) is 25.7. The summed E-state index contributed by atoms with van der Waals surface area (Å²) in [6, 6.07) is -5.82. The Balaban J connectivity index is 1.58. The van der Waals surface area contributed by atoms with E-state index in [2.05, 4.69) is 31.6 Å². The van der Waals surface area contributed by atoms with Crippen LogP contribution in [0.15, 0.2) is 29.3 Å². The molecule has 28 heteroatoms. The number of nitrogens with zero attached hydrogens (tertiary/aromatic N) is 4. The van der Waals surface area contributed by atoms with Gasteiger partial charge in [-0.3, -0.25) is 52.9 Å². The van der Waals surface area contributed by atoms with Gasteiger partial charge >= 0.3 is 11.9 Å². The van der Waals surface area contributed by atoms with E-state index < -0.39 is 139 Å². The van der Waals surface area contributed by atoms with E-state index in [9.17, 15) is 68.1 Å². The molecule has 9 atom stereocenters. The van der Waals surface area contributed by atoms with Crippen molar-refractivity contribution in [1.82, 2.24) is 41.3 Å². The first-order chi connectivity index (χ1) is 36.4. The highest BCUT2D eigenvalue weighted by Gasteiger charge is 2.43. The van der Waals surface area contributed by atoms with Crippen LogP contribution in [-0.2, 0) is 59.2 Å². The second kappa shape index (κ2) is 29.9. The number of guanidine groups is 1. The Morgan fingerprint density at radius 2 is 1.13 bits per heavy atom. The Bertz CT molecular complexity index is 2340. The van der Waals surface area contributed by atoms with Crippen molar-refractivity contribution in [2.75, 3.05) is 38.2 Å². The van der Waals surface area contributed by atoms with Crippen LogP contribution in [0.1, 0.15) is 96.5 Å². The molecule has 0 radical (unpaired) electrons. The number of phenols is 1. The first-order valence-corrected chi connectivity index (χ1v) is 27.1. The number of aromatic hydroxyl groups is 1. The Labute approximate surface area is 450 Å². The summed E-state index contributed by atoms with van der Waals surface area (Å²) in [6.07, 6.45) is 1.47. The lowest BCUT2D eigenvalue weighted by molar-refractivity contribution is -0.149. The monoisotopic (exact) mass is 1100 g/mol. The van der Waals surface area contributed by atoms with Crippen LogP contribution in [-0.4, -0.2) is 194 Å². The minimum Gasteiger partial charge on any atom is -0.508 e. The largest absolute Gasteiger partial charge is 0.508 e. The fourth-order valence-electron chi connectivity index (χ4n) is 9.40. The van der Waals surface area contributed by atoms with Crippen molar-refractivity contribution >= 4 is 82.8 Å². The zero-order chi connectivity index (χ0) is 57.1. The number of likely N-dealkylation sites (tertiary alicyclic amines) is 3. The lowest BCUT2D eigenvalue weighted by Gasteiger charge is -2.32. The number of primary amides is 1. The lowest BCUT2D eigenvalue weighted by Crippen LogP contribution is -2.60. The molecular weight excluding hydrogens is 1030 g/mol. The molecule has 0 aliphatic carbocycles. The van der Waals surface area contributed by atoms with Gasteiger partial charge in [0.05, 0.1) is 12.5 Å². The first kappa shape index (κ1) is 62.3. The summed E-state index contributed by atoms with van der Waals surface area (Å²) in [5.41, 5.74) is 23.1. The molecule has 77 heavy (non-hydrogen) atoms. The topological polar surface area (TPSA) is 435 Å². The van der Waals surface area contributed by atoms with Crippen molar-refractivity contribution < 1.29 is 68.1 Å². The molecule has 3 heterocycles. The van der Waals surface area contributed by atoms with Gasteiger partial charge in [0.25, 0.3) is 0 Å². The smallest absolute Gasteiger partial charge is 0.326 e. The molecule has 3 fully saturated rings. The average molecular weight is 1100 g/mol. The summed E-state index contributed by atoms with van der Waals surface area (Å²) in [4.78, 5) is 156. The fraction of sp³-hybridized carbons (Fsp3) is 0.633. The number of hydrogen-bond acceptors (Lipinski definition) is 15. The number of carboxylic acids is 2. The minimum absolute atomic E-state index is 0.0256. The maximum atomic E-state index is 14.6. The van der Waals surface area contributed by atoms with Crippen molar-refractivity contribution in [3.8, 4) is 5.75 Å². The number of phenolic OH excluding ortho intramolecular Hbond substituents is 1. The Morgan fingerprint density at radius 3 is 1.65 bits per heavy atom. The summed E-state index contributed by atoms with van der Waals surface area (Å²) in [7, 11) is 0. The maximum absolute atomic E-state index is 14.6. The van der Waals surface area contributed by atoms with E-state index in [1.165, 1.54) is 33.7 Å². The second-order valence-electron chi connectivity index (χ2n) is 19.7. The molecule has 0 bridgehead atoms. The second-order valence-corrected chi connectivity index (χ2v) is 20.7. The normalized spacial score (nSPS) is 19.4. The zero-order valence-corrected chi connectivity index (χ0v) is 44.5. The molecule has 9 amide bonds. The number of nitrogens with one attached hydrogen (secondary N) is 5. The van der Waals surface area contributed by atoms with Crippen LogP contribution >= 0.6 is 11.8 Å². The third kappa shape index (κ3) is 18.5. The quantitative estimate of drug-likeness (QED) is 0.0215. The van der Waals surface area contributed by atoms with E-state index >= 15 is 0 Å². The van der Waals surface area contributed by atoms with Crippen molar-refractivity contribution in [2.24, 2.45) is 33.8 Å². The number of nitrogens with two attached hydrogens (primary N) is 4. The number of rotatable bonds is 29. The van der Waals surface area contributed by atoms with Gasteiger partial charge in [-0.05, 0) is 99.8 Å². The SMILES string of the molecule is CSCC[C@H](NC(=O)[C@H](CC(=O)O)NC(=O)[C@H](CCCN=C(N)N)NC(=O)[C@H](CCC(N)=O)NC(=O)[C@@H]1CCCN1C(=O)[C@H](Cc1ccc(O)cc1)NC(=O)[C@@H]1CCCN1C(=O)[C@@H](N)C(C)C)C(=O)N1CCC[C@H]1C(=O)O. The number of carbonyl (C=O) groups is 11. The molecule has 3 aliphatic heterocycles. The van der Waals surface area contributed by atoms with Crippen LogP contribution < -0.4 is 49.5 Å². The van der Waals surface area contributed by atoms with Crippen molar-refractivity contribution in [3.63, 3.8) is 0 Å². The third-order valence-corrected chi connectivity index (χ3v) is 14.3. The predicted molar refractivity (Wildman–Crippen MR) is 280 cm³/mol. The average Bonchev–Trinajstić information content (AvgIpc) is 4.19. The summed E-state index contributed by atoms with van der Waals surface area (Å²) in [5.74, 6) is -10.3. The molecular formula is C49H75N13O14S. The number of carbonyl (C=O) groups excluding carboxylic acids is 9. The van der Waals surface area contributed by atoms with E-state index in [0.29, 0.717) is 37.0 Å². The fourth-order valence-corrected chi connectivity index (χ4v) is 9.87. The molecule has 27 nitrogen and oxygen atoms in total. The standard InChI is InChI=1S/C49H75N13O14S/c1-26(2)39(51)47(74)61-21-6-10-35(61)44(71)59-33(24-27-12-14-28(63)15-13-27)46(73)60-20-5-9-34(60)43(70)56-30(16-17-37(50)64)41(68)55-29(8-4-19-54-49(52)53)40(67)58-32(25-38(65)66)42(69)57-31(18-23-77-3)45(72)62-22-7-11-36(62)48(75)76/h12-15,26,29-36,39,63H,4-11,16-25,51H2,1-3H3,(H2,50,64)(H,55,68)(H,56,70)(H,57,69)(H,58,67)(H,59,71)(H,65,66)(H,75,76)(H4,52,53,54)/t29-,30-,31-,32-,33-,34-,35-,36-,39-/m0/s1. The highest BCUT2D eigenvalue weighted by Crippen LogP contribution is 2.24. The maximum Gasteiger partial charge on any atom is 0.326 e. The highest BCUT2D eigenvalue weighted by molar-refractivity contribution is 7.98. The molecule has 0 spiro atoms. The number of amides is 9. The van der Waals surface area contributed by atoms with E-state index in [-0.39, 0.29) is 82.3 Å². The van der Waals surface area contributed by atoms with Crippen molar-refractivity contribution in [1.29, 1.82) is 0 Å².